The van der Waals surface area contributed by atoms with Crippen LogP contribution in [0.3, 0.4) is 0 Å². The van der Waals surface area contributed by atoms with Gasteiger partial charge >= 0.3 is 0 Å². The van der Waals surface area contributed by atoms with E-state index in [9.17, 15) is 0 Å². The normalized spacial score (nSPS) is 10.8. The molecule has 0 aliphatic rings. The quantitative estimate of drug-likeness (QED) is 0.614. The summed E-state index contributed by atoms with van der Waals surface area (Å²) in [6.45, 7) is 0.332. The number of aromatic amines is 1. The Morgan fingerprint density at radius 3 is 2.95 bits per heavy atom. The number of hydrogen-bond acceptors (Lipinski definition) is 7. The van der Waals surface area contributed by atoms with E-state index in [1.54, 1.807) is 12.4 Å². The van der Waals surface area contributed by atoms with Crippen LogP contribution in [0.25, 0.3) is 11.0 Å². The highest BCUT2D eigenvalue weighted by Gasteiger charge is 2.05. The average Bonchev–Trinajstić information content (AvgIpc) is 2.94. The first-order valence-corrected chi connectivity index (χ1v) is 5.65. The standard InChI is InChI=1S/C11H11N7O/c19-5-8-2-12-1-7(17-8)3-13-10-9-4-16-18-11(9)15-6-14-10/h1-2,4,6,19H,3,5H2,(H2,13,14,15,16,18). The molecule has 0 aliphatic carbocycles. The van der Waals surface area contributed by atoms with E-state index in [-0.39, 0.29) is 6.61 Å². The molecule has 0 saturated carbocycles. The summed E-state index contributed by atoms with van der Waals surface area (Å²) in [5.74, 6) is 0.676. The van der Waals surface area contributed by atoms with Crippen LogP contribution >= 0.6 is 0 Å². The van der Waals surface area contributed by atoms with Gasteiger partial charge in [-0.3, -0.25) is 15.1 Å². The summed E-state index contributed by atoms with van der Waals surface area (Å²) in [4.78, 5) is 16.4. The zero-order valence-electron chi connectivity index (χ0n) is 9.91. The first kappa shape index (κ1) is 11.5. The number of nitrogens with one attached hydrogen (secondary N) is 2. The Hall–Kier alpha value is -2.61. The molecule has 3 heterocycles. The summed E-state index contributed by atoms with van der Waals surface area (Å²) in [6, 6.07) is 0. The van der Waals surface area contributed by atoms with Crippen LogP contribution in [-0.2, 0) is 13.2 Å². The lowest BCUT2D eigenvalue weighted by atomic mass is 10.3. The molecule has 3 aromatic heterocycles. The van der Waals surface area contributed by atoms with Gasteiger partial charge in [0.1, 0.15) is 12.1 Å². The SMILES string of the molecule is OCc1cncc(CNc2ncnc3[nH]ncc23)n1. The van der Waals surface area contributed by atoms with Gasteiger partial charge in [-0.1, -0.05) is 0 Å². The monoisotopic (exact) mass is 257 g/mol. The van der Waals surface area contributed by atoms with Crippen molar-refractivity contribution in [2.75, 3.05) is 5.32 Å². The van der Waals surface area contributed by atoms with Crippen LogP contribution in [0.15, 0.2) is 24.9 Å². The van der Waals surface area contributed by atoms with Gasteiger partial charge in [0.05, 0.1) is 48.5 Å². The molecule has 8 nitrogen and oxygen atoms in total. The second-order valence-electron chi connectivity index (χ2n) is 3.87. The maximum Gasteiger partial charge on any atom is 0.160 e. The Kier molecular flexibility index (Phi) is 2.99. The number of aromatic nitrogens is 6. The zero-order valence-corrected chi connectivity index (χ0v) is 9.91. The molecule has 0 bridgehead atoms. The van der Waals surface area contributed by atoms with Gasteiger partial charge in [-0.2, -0.15) is 5.10 Å². The molecule has 3 rings (SSSR count). The van der Waals surface area contributed by atoms with Gasteiger partial charge in [0.25, 0.3) is 0 Å². The maximum absolute atomic E-state index is 9.00. The van der Waals surface area contributed by atoms with Crippen molar-refractivity contribution in [1.29, 1.82) is 0 Å². The van der Waals surface area contributed by atoms with Crippen molar-refractivity contribution in [1.82, 2.24) is 30.1 Å². The van der Waals surface area contributed by atoms with Gasteiger partial charge in [0.2, 0.25) is 0 Å². The molecule has 0 aliphatic heterocycles. The number of hydrogen-bond donors (Lipinski definition) is 3. The fourth-order valence-corrected chi connectivity index (χ4v) is 1.69. The predicted molar refractivity (Wildman–Crippen MR) is 67.0 cm³/mol. The number of aliphatic hydroxyl groups excluding tert-OH is 1. The Labute approximate surface area is 108 Å². The van der Waals surface area contributed by atoms with Crippen molar-refractivity contribution in [3.63, 3.8) is 0 Å². The number of rotatable bonds is 4. The molecule has 19 heavy (non-hydrogen) atoms. The summed E-state index contributed by atoms with van der Waals surface area (Å²) >= 11 is 0. The van der Waals surface area contributed by atoms with E-state index in [0.717, 1.165) is 11.1 Å². The summed E-state index contributed by atoms with van der Waals surface area (Å²) in [5.41, 5.74) is 1.94. The van der Waals surface area contributed by atoms with Crippen molar-refractivity contribution < 1.29 is 5.11 Å². The first-order chi connectivity index (χ1) is 9.36. The number of aliphatic hydroxyl groups is 1. The van der Waals surface area contributed by atoms with E-state index in [0.29, 0.717) is 23.7 Å². The second kappa shape index (κ2) is 4.94. The molecular weight excluding hydrogens is 246 g/mol. The van der Waals surface area contributed by atoms with Crippen molar-refractivity contribution >= 4 is 16.9 Å². The van der Waals surface area contributed by atoms with Gasteiger partial charge in [-0.05, 0) is 0 Å². The number of fused-ring (bicyclic) bond motifs is 1. The summed E-state index contributed by atoms with van der Waals surface area (Å²) < 4.78 is 0. The van der Waals surface area contributed by atoms with Crippen molar-refractivity contribution in [2.45, 2.75) is 13.2 Å². The highest BCUT2D eigenvalue weighted by Crippen LogP contribution is 2.16. The molecule has 0 aromatic carbocycles. The number of nitrogens with zero attached hydrogens (tertiary/aromatic N) is 5. The summed E-state index contributed by atoms with van der Waals surface area (Å²) in [6.07, 6.45) is 6.29. The van der Waals surface area contributed by atoms with Gasteiger partial charge < -0.3 is 10.4 Å². The maximum atomic E-state index is 9.00. The predicted octanol–water partition coefficient (Wildman–Crippen LogP) is 0.247. The molecule has 3 N–H and O–H groups in total. The molecule has 8 heteroatoms. The lowest BCUT2D eigenvalue weighted by Gasteiger charge is -2.06. The topological polar surface area (TPSA) is 112 Å². The van der Waals surface area contributed by atoms with Gasteiger partial charge in [0, 0.05) is 0 Å². The second-order valence-corrected chi connectivity index (χ2v) is 3.87. The molecular formula is C11H11N7O. The van der Waals surface area contributed by atoms with Crippen LogP contribution in [0, 0.1) is 0 Å². The third-order valence-corrected chi connectivity index (χ3v) is 2.58. The van der Waals surface area contributed by atoms with Crippen LogP contribution in [0.1, 0.15) is 11.4 Å². The highest BCUT2D eigenvalue weighted by molar-refractivity contribution is 5.85. The van der Waals surface area contributed by atoms with Crippen molar-refractivity contribution in [3.8, 4) is 0 Å². The minimum absolute atomic E-state index is 0.125. The number of H-pyrrole nitrogens is 1. The number of anilines is 1. The Balaban J connectivity index is 1.80. The van der Waals surface area contributed by atoms with Crippen LogP contribution < -0.4 is 5.32 Å². The summed E-state index contributed by atoms with van der Waals surface area (Å²) in [7, 11) is 0. The molecule has 0 saturated heterocycles. The fourth-order valence-electron chi connectivity index (χ4n) is 1.69. The molecule has 0 fully saturated rings. The molecule has 0 amide bonds. The smallest absolute Gasteiger partial charge is 0.160 e. The van der Waals surface area contributed by atoms with E-state index in [4.69, 9.17) is 5.11 Å². The van der Waals surface area contributed by atoms with Crippen LogP contribution in [0.4, 0.5) is 5.82 Å². The summed E-state index contributed by atoms with van der Waals surface area (Å²) in [5, 5.41) is 19.7. The molecule has 96 valence electrons. The molecule has 0 unspecified atom stereocenters. The van der Waals surface area contributed by atoms with E-state index < -0.39 is 0 Å². The van der Waals surface area contributed by atoms with Gasteiger partial charge in [-0.25, -0.2) is 9.97 Å². The van der Waals surface area contributed by atoms with Crippen molar-refractivity contribution in [3.05, 3.63) is 36.3 Å². The third kappa shape index (κ3) is 2.33. The Morgan fingerprint density at radius 2 is 2.05 bits per heavy atom. The van der Waals surface area contributed by atoms with Crippen LogP contribution in [-0.4, -0.2) is 35.2 Å². The van der Waals surface area contributed by atoms with Gasteiger partial charge in [0.15, 0.2) is 5.65 Å². The van der Waals surface area contributed by atoms with E-state index in [2.05, 4.69) is 35.5 Å². The highest BCUT2D eigenvalue weighted by atomic mass is 16.3. The van der Waals surface area contributed by atoms with Gasteiger partial charge in [-0.15, -0.1) is 0 Å². The minimum Gasteiger partial charge on any atom is -0.390 e. The van der Waals surface area contributed by atoms with Crippen molar-refractivity contribution in [2.24, 2.45) is 0 Å². The lowest BCUT2D eigenvalue weighted by molar-refractivity contribution is 0.276. The molecule has 0 spiro atoms. The van der Waals surface area contributed by atoms with Crippen LogP contribution in [0.2, 0.25) is 0 Å². The molecule has 3 aromatic rings. The zero-order chi connectivity index (χ0) is 13.1. The van der Waals surface area contributed by atoms with Crippen LogP contribution in [0.5, 0.6) is 0 Å². The molecule has 0 radical (unpaired) electrons. The lowest BCUT2D eigenvalue weighted by Crippen LogP contribution is -2.06. The van der Waals surface area contributed by atoms with E-state index >= 15 is 0 Å². The van der Waals surface area contributed by atoms with E-state index in [1.165, 1.54) is 12.5 Å². The Bertz CT molecular complexity index is 696. The average molecular weight is 257 g/mol. The fraction of sp³-hybridized carbons (Fsp3) is 0.182. The Morgan fingerprint density at radius 1 is 1.16 bits per heavy atom. The molecule has 0 atom stereocenters. The third-order valence-electron chi connectivity index (χ3n) is 2.58. The largest absolute Gasteiger partial charge is 0.390 e. The first-order valence-electron chi connectivity index (χ1n) is 5.65. The minimum atomic E-state index is -0.125. The van der Waals surface area contributed by atoms with E-state index in [1.807, 2.05) is 0 Å².